The number of aromatic amines is 1. The van der Waals surface area contributed by atoms with Gasteiger partial charge in [-0.25, -0.2) is 0 Å². The van der Waals surface area contributed by atoms with Gasteiger partial charge in [0.05, 0.1) is 6.04 Å². The molecule has 1 aromatic heterocycles. The van der Waals surface area contributed by atoms with Crippen LogP contribution in [0.5, 0.6) is 5.75 Å². The smallest absolute Gasteiger partial charge is 0.243 e. The van der Waals surface area contributed by atoms with Crippen molar-refractivity contribution in [2.45, 2.75) is 70.7 Å². The number of fused-ring (bicyclic) bond motifs is 1. The van der Waals surface area contributed by atoms with Crippen LogP contribution < -0.4 is 32.2 Å². The molecule has 0 unspecified atom stereocenters. The number of nitrogens with two attached hydrogens (primary N) is 2. The summed E-state index contributed by atoms with van der Waals surface area (Å²) in [5, 5.41) is 9.71. The molecule has 10 heteroatoms. The number of amides is 3. The minimum absolute atomic E-state index is 0.0999. The van der Waals surface area contributed by atoms with E-state index < -0.39 is 29.9 Å². The van der Waals surface area contributed by atoms with Gasteiger partial charge in [0.2, 0.25) is 17.7 Å². The standard InChI is InChI=1S/C37H48N6O4/c1-25(2)20-33(42-35(44)31(39)21-26-14-16-29(17-15-26)47-24-27-10-4-3-5-11-27)37(46)43-34(36(45)40-19-9-8-18-38)22-28-23-41-32-13-7-6-12-30(28)32/h3-7,10-17,23,25,31,33-34,41H,8-9,18-22,24,38-39H2,1-2H3,(H,40,45)(H,42,44)(H,43,46)/t31-,33-,34-/m0/s1. The molecular formula is C37H48N6O4. The Morgan fingerprint density at radius 3 is 2.21 bits per heavy atom. The maximum absolute atomic E-state index is 13.7. The summed E-state index contributed by atoms with van der Waals surface area (Å²) in [6.45, 7) is 5.40. The van der Waals surface area contributed by atoms with Crippen molar-refractivity contribution >= 4 is 28.6 Å². The van der Waals surface area contributed by atoms with E-state index >= 15 is 0 Å². The van der Waals surface area contributed by atoms with Gasteiger partial charge in [0, 0.05) is 30.1 Å². The number of unbranched alkanes of at least 4 members (excludes halogenated alkanes) is 1. The monoisotopic (exact) mass is 640 g/mol. The lowest BCUT2D eigenvalue weighted by Gasteiger charge is -2.25. The van der Waals surface area contributed by atoms with Gasteiger partial charge in [-0.2, -0.15) is 0 Å². The second kappa shape index (κ2) is 17.9. The summed E-state index contributed by atoms with van der Waals surface area (Å²) < 4.78 is 5.86. The number of aromatic nitrogens is 1. The Morgan fingerprint density at radius 2 is 1.49 bits per heavy atom. The summed E-state index contributed by atoms with van der Waals surface area (Å²) in [6, 6.07) is 22.6. The molecule has 3 aromatic carbocycles. The van der Waals surface area contributed by atoms with E-state index in [2.05, 4.69) is 20.9 Å². The van der Waals surface area contributed by atoms with Crippen molar-refractivity contribution in [2.75, 3.05) is 13.1 Å². The number of H-pyrrole nitrogens is 1. The average Bonchev–Trinajstić information content (AvgIpc) is 3.48. The van der Waals surface area contributed by atoms with Gasteiger partial charge in [-0.15, -0.1) is 0 Å². The molecule has 4 aromatic rings. The van der Waals surface area contributed by atoms with Gasteiger partial charge >= 0.3 is 0 Å². The van der Waals surface area contributed by atoms with E-state index in [1.165, 1.54) is 0 Å². The van der Waals surface area contributed by atoms with Gasteiger partial charge in [-0.1, -0.05) is 74.5 Å². The average molecular weight is 641 g/mol. The largest absolute Gasteiger partial charge is 0.489 e. The van der Waals surface area contributed by atoms with Gasteiger partial charge in [-0.3, -0.25) is 14.4 Å². The highest BCUT2D eigenvalue weighted by Gasteiger charge is 2.29. The molecule has 0 spiro atoms. The summed E-state index contributed by atoms with van der Waals surface area (Å²) in [4.78, 5) is 43.5. The maximum Gasteiger partial charge on any atom is 0.243 e. The summed E-state index contributed by atoms with van der Waals surface area (Å²) in [5.41, 5.74) is 15.7. The predicted octanol–water partition coefficient (Wildman–Crippen LogP) is 3.73. The molecule has 4 rings (SSSR count). The van der Waals surface area contributed by atoms with E-state index in [9.17, 15) is 14.4 Å². The quantitative estimate of drug-likeness (QED) is 0.0908. The van der Waals surface area contributed by atoms with E-state index in [1.54, 1.807) is 0 Å². The zero-order chi connectivity index (χ0) is 33.6. The number of benzene rings is 3. The highest BCUT2D eigenvalue weighted by molar-refractivity contribution is 5.93. The molecule has 0 aliphatic carbocycles. The first kappa shape index (κ1) is 35.2. The van der Waals surface area contributed by atoms with Crippen LogP contribution in [0.4, 0.5) is 0 Å². The molecular weight excluding hydrogens is 592 g/mol. The Labute approximate surface area is 277 Å². The van der Waals surface area contributed by atoms with E-state index in [1.807, 2.05) is 98.9 Å². The molecule has 0 saturated carbocycles. The second-order valence-corrected chi connectivity index (χ2v) is 12.3. The Hall–Kier alpha value is -4.67. The normalized spacial score (nSPS) is 13.1. The van der Waals surface area contributed by atoms with Crippen LogP contribution in [0.15, 0.2) is 85.1 Å². The molecule has 0 radical (unpaired) electrons. The molecule has 3 atom stereocenters. The van der Waals surface area contributed by atoms with E-state index in [0.29, 0.717) is 26.1 Å². The first-order chi connectivity index (χ1) is 22.7. The maximum atomic E-state index is 13.7. The van der Waals surface area contributed by atoms with Crippen molar-refractivity contribution in [2.24, 2.45) is 17.4 Å². The van der Waals surface area contributed by atoms with Crippen LogP contribution in [0.3, 0.4) is 0 Å². The second-order valence-electron chi connectivity index (χ2n) is 12.3. The fourth-order valence-electron chi connectivity index (χ4n) is 5.40. The van der Waals surface area contributed by atoms with Crippen LogP contribution in [0, 0.1) is 5.92 Å². The Balaban J connectivity index is 1.38. The summed E-state index contributed by atoms with van der Waals surface area (Å²) >= 11 is 0. The molecule has 8 N–H and O–H groups in total. The SMILES string of the molecule is CC(C)C[C@H](NC(=O)[C@@H](N)Cc1ccc(OCc2ccccc2)cc1)C(=O)N[C@@H](Cc1c[nH]c2ccccc12)C(=O)NCCCCN. The number of carbonyl (C=O) groups excluding carboxylic acids is 3. The van der Waals surface area contributed by atoms with Crippen molar-refractivity contribution in [1.82, 2.24) is 20.9 Å². The zero-order valence-corrected chi connectivity index (χ0v) is 27.3. The van der Waals surface area contributed by atoms with Crippen LogP contribution in [0.25, 0.3) is 10.9 Å². The number of nitrogens with one attached hydrogen (secondary N) is 4. The van der Waals surface area contributed by atoms with E-state index in [0.717, 1.165) is 46.2 Å². The molecule has 0 aliphatic rings. The number of hydrogen-bond acceptors (Lipinski definition) is 6. The summed E-state index contributed by atoms with van der Waals surface area (Å²) in [5.74, 6) is -0.336. The van der Waals surface area contributed by atoms with Gasteiger partial charge < -0.3 is 37.1 Å². The van der Waals surface area contributed by atoms with Crippen molar-refractivity contribution in [3.05, 3.63) is 102 Å². The highest BCUT2D eigenvalue weighted by atomic mass is 16.5. The highest BCUT2D eigenvalue weighted by Crippen LogP contribution is 2.20. The van der Waals surface area contributed by atoms with Gasteiger partial charge in [0.15, 0.2) is 0 Å². The van der Waals surface area contributed by atoms with Gasteiger partial charge in [-0.05, 0) is 73.0 Å². The minimum atomic E-state index is -0.874. The molecule has 0 bridgehead atoms. The van der Waals surface area contributed by atoms with E-state index in [4.69, 9.17) is 16.2 Å². The van der Waals surface area contributed by atoms with Crippen molar-refractivity contribution in [3.63, 3.8) is 0 Å². The van der Waals surface area contributed by atoms with Gasteiger partial charge in [0.25, 0.3) is 0 Å². The molecule has 47 heavy (non-hydrogen) atoms. The van der Waals surface area contributed by atoms with Crippen LogP contribution in [-0.4, -0.2) is 53.9 Å². The molecule has 250 valence electrons. The van der Waals surface area contributed by atoms with Crippen LogP contribution in [0.1, 0.15) is 49.8 Å². The van der Waals surface area contributed by atoms with Crippen LogP contribution in [0.2, 0.25) is 0 Å². The molecule has 0 fully saturated rings. The van der Waals surface area contributed by atoms with Crippen LogP contribution >= 0.6 is 0 Å². The Bertz CT molecular complexity index is 1570. The molecule has 10 nitrogen and oxygen atoms in total. The Morgan fingerprint density at radius 1 is 0.787 bits per heavy atom. The third-order valence-electron chi connectivity index (χ3n) is 7.97. The van der Waals surface area contributed by atoms with Gasteiger partial charge in [0.1, 0.15) is 24.4 Å². The molecule has 0 saturated heterocycles. The number of rotatable bonds is 18. The fourth-order valence-corrected chi connectivity index (χ4v) is 5.40. The lowest BCUT2D eigenvalue weighted by molar-refractivity contribution is -0.132. The zero-order valence-electron chi connectivity index (χ0n) is 27.3. The third kappa shape index (κ3) is 11.0. The first-order valence-corrected chi connectivity index (χ1v) is 16.4. The minimum Gasteiger partial charge on any atom is -0.489 e. The molecule has 1 heterocycles. The van der Waals surface area contributed by atoms with Crippen LogP contribution in [-0.2, 0) is 33.8 Å². The van der Waals surface area contributed by atoms with E-state index in [-0.39, 0.29) is 24.7 Å². The molecule has 0 aliphatic heterocycles. The summed E-state index contributed by atoms with van der Waals surface area (Å²) in [6.07, 6.45) is 4.34. The predicted molar refractivity (Wildman–Crippen MR) is 186 cm³/mol. The fraction of sp³-hybridized carbons (Fsp3) is 0.378. The number of ether oxygens (including phenoxy) is 1. The topological polar surface area (TPSA) is 164 Å². The van der Waals surface area contributed by atoms with Crippen molar-refractivity contribution < 1.29 is 19.1 Å². The lowest BCUT2D eigenvalue weighted by atomic mass is 10.00. The number of carbonyl (C=O) groups is 3. The molecule has 3 amide bonds. The number of hydrogen-bond donors (Lipinski definition) is 6. The van der Waals surface area contributed by atoms with Crippen molar-refractivity contribution in [3.8, 4) is 5.75 Å². The number of para-hydroxylation sites is 1. The third-order valence-corrected chi connectivity index (χ3v) is 7.97. The lowest BCUT2D eigenvalue weighted by Crippen LogP contribution is -2.56. The Kier molecular flexibility index (Phi) is 13.4. The summed E-state index contributed by atoms with van der Waals surface area (Å²) in [7, 11) is 0. The first-order valence-electron chi connectivity index (χ1n) is 16.4. The van der Waals surface area contributed by atoms with Crippen molar-refractivity contribution in [1.29, 1.82) is 0 Å².